The molecular weight excluding hydrogens is 242 g/mol. The molecule has 1 aromatic rings. The maximum absolute atomic E-state index is 12.4. The monoisotopic (exact) mass is 263 g/mol. The van der Waals surface area contributed by atoms with Crippen LogP contribution in [0.25, 0.3) is 0 Å². The number of nitrogen functional groups attached to an aromatic ring is 1. The summed E-state index contributed by atoms with van der Waals surface area (Å²) in [5, 5.41) is 9.27. The van der Waals surface area contributed by atoms with E-state index in [4.69, 9.17) is 5.84 Å². The van der Waals surface area contributed by atoms with Crippen molar-refractivity contribution in [3.63, 3.8) is 0 Å². The maximum atomic E-state index is 12.4. The molecule has 0 saturated heterocycles. The first-order valence-electron chi connectivity index (χ1n) is 6.52. The fourth-order valence-corrected chi connectivity index (χ4v) is 2.49. The molecule has 1 amide bonds. The van der Waals surface area contributed by atoms with E-state index in [0.29, 0.717) is 23.7 Å². The summed E-state index contributed by atoms with van der Waals surface area (Å²) in [5.74, 6) is 5.82. The molecule has 0 bridgehead atoms. The second-order valence-corrected chi connectivity index (χ2v) is 5.37. The number of carbonyl (C=O) groups excluding carboxylic acids is 1. The Morgan fingerprint density at radius 1 is 1.53 bits per heavy atom. The number of benzene rings is 1. The third-order valence-electron chi connectivity index (χ3n) is 3.65. The SMILES string of the molecule is Cc1ccc(C(=O)N(C)CC2CC(O)C2)c(NN)c1. The van der Waals surface area contributed by atoms with Gasteiger partial charge in [0, 0.05) is 13.6 Å². The number of aryl methyl sites for hydroxylation is 1. The van der Waals surface area contributed by atoms with Crippen molar-refractivity contribution in [1.82, 2.24) is 4.90 Å². The third-order valence-corrected chi connectivity index (χ3v) is 3.65. The molecule has 1 saturated carbocycles. The quantitative estimate of drug-likeness (QED) is 0.562. The van der Waals surface area contributed by atoms with Gasteiger partial charge in [0.2, 0.25) is 0 Å². The summed E-state index contributed by atoms with van der Waals surface area (Å²) in [7, 11) is 1.78. The van der Waals surface area contributed by atoms with Gasteiger partial charge in [-0.2, -0.15) is 0 Å². The molecule has 104 valence electrons. The number of nitrogens with zero attached hydrogens (tertiary/aromatic N) is 1. The van der Waals surface area contributed by atoms with Crippen molar-refractivity contribution in [2.24, 2.45) is 11.8 Å². The van der Waals surface area contributed by atoms with Gasteiger partial charge in [-0.15, -0.1) is 0 Å². The fraction of sp³-hybridized carbons (Fsp3) is 0.500. The van der Waals surface area contributed by atoms with Gasteiger partial charge in [-0.25, -0.2) is 0 Å². The van der Waals surface area contributed by atoms with Crippen LogP contribution < -0.4 is 11.3 Å². The number of nitrogens with one attached hydrogen (secondary N) is 1. The molecule has 19 heavy (non-hydrogen) atoms. The van der Waals surface area contributed by atoms with Crippen LogP contribution in [-0.4, -0.2) is 35.6 Å². The van der Waals surface area contributed by atoms with Gasteiger partial charge in [0.05, 0.1) is 17.4 Å². The number of aliphatic hydroxyl groups is 1. The van der Waals surface area contributed by atoms with E-state index < -0.39 is 0 Å². The number of rotatable bonds is 4. The zero-order chi connectivity index (χ0) is 14.0. The van der Waals surface area contributed by atoms with E-state index in [0.717, 1.165) is 18.4 Å². The van der Waals surface area contributed by atoms with Crippen molar-refractivity contribution in [1.29, 1.82) is 0 Å². The smallest absolute Gasteiger partial charge is 0.255 e. The number of hydrogen-bond acceptors (Lipinski definition) is 4. The van der Waals surface area contributed by atoms with E-state index >= 15 is 0 Å². The Labute approximate surface area is 113 Å². The van der Waals surface area contributed by atoms with Gasteiger partial charge in [-0.3, -0.25) is 10.6 Å². The van der Waals surface area contributed by atoms with Crippen LogP contribution in [0.4, 0.5) is 5.69 Å². The molecule has 2 rings (SSSR count). The van der Waals surface area contributed by atoms with Gasteiger partial charge in [0.1, 0.15) is 0 Å². The van der Waals surface area contributed by atoms with Gasteiger partial charge in [-0.05, 0) is 43.4 Å². The number of amides is 1. The molecular formula is C14H21N3O2. The molecule has 0 radical (unpaired) electrons. The van der Waals surface area contributed by atoms with E-state index in [1.54, 1.807) is 18.0 Å². The number of nitrogens with two attached hydrogens (primary N) is 1. The molecule has 1 aliphatic rings. The zero-order valence-corrected chi connectivity index (χ0v) is 11.4. The first kappa shape index (κ1) is 13.8. The highest BCUT2D eigenvalue weighted by molar-refractivity contribution is 5.99. The summed E-state index contributed by atoms with van der Waals surface area (Å²) >= 11 is 0. The van der Waals surface area contributed by atoms with E-state index in [1.807, 2.05) is 19.1 Å². The van der Waals surface area contributed by atoms with Gasteiger partial charge < -0.3 is 15.4 Å². The van der Waals surface area contributed by atoms with Crippen LogP contribution in [0.15, 0.2) is 18.2 Å². The van der Waals surface area contributed by atoms with Crippen molar-refractivity contribution in [2.75, 3.05) is 19.0 Å². The van der Waals surface area contributed by atoms with Gasteiger partial charge in [0.25, 0.3) is 5.91 Å². The highest BCUT2D eigenvalue weighted by Crippen LogP contribution is 2.28. The summed E-state index contributed by atoms with van der Waals surface area (Å²) in [6.45, 7) is 2.63. The Hall–Kier alpha value is -1.59. The molecule has 4 N–H and O–H groups in total. The van der Waals surface area contributed by atoms with Crippen LogP contribution in [-0.2, 0) is 0 Å². The largest absolute Gasteiger partial charge is 0.393 e. The lowest BCUT2D eigenvalue weighted by Gasteiger charge is -2.34. The lowest BCUT2D eigenvalue weighted by Crippen LogP contribution is -2.39. The number of hydrogen-bond donors (Lipinski definition) is 3. The summed E-state index contributed by atoms with van der Waals surface area (Å²) < 4.78 is 0. The molecule has 1 aromatic carbocycles. The first-order chi connectivity index (χ1) is 9.01. The second-order valence-electron chi connectivity index (χ2n) is 5.37. The molecule has 0 unspecified atom stereocenters. The number of aliphatic hydroxyl groups excluding tert-OH is 1. The summed E-state index contributed by atoms with van der Waals surface area (Å²) in [4.78, 5) is 14.1. The predicted molar refractivity (Wildman–Crippen MR) is 74.7 cm³/mol. The Bertz CT molecular complexity index is 470. The molecule has 5 heteroatoms. The van der Waals surface area contributed by atoms with E-state index in [9.17, 15) is 9.90 Å². The molecule has 0 aliphatic heterocycles. The molecule has 0 heterocycles. The van der Waals surface area contributed by atoms with Gasteiger partial charge >= 0.3 is 0 Å². The Balaban J connectivity index is 2.06. The normalized spacial score (nSPS) is 21.7. The molecule has 0 spiro atoms. The Morgan fingerprint density at radius 2 is 2.21 bits per heavy atom. The van der Waals surface area contributed by atoms with Crippen LogP contribution in [0.1, 0.15) is 28.8 Å². The van der Waals surface area contributed by atoms with Crippen molar-refractivity contribution in [2.45, 2.75) is 25.9 Å². The highest BCUT2D eigenvalue weighted by atomic mass is 16.3. The number of hydrazine groups is 1. The van der Waals surface area contributed by atoms with E-state index in [2.05, 4.69) is 5.43 Å². The van der Waals surface area contributed by atoms with Crippen molar-refractivity contribution < 1.29 is 9.90 Å². The first-order valence-corrected chi connectivity index (χ1v) is 6.52. The van der Waals surface area contributed by atoms with Gasteiger partial charge in [-0.1, -0.05) is 6.07 Å². The molecule has 1 fully saturated rings. The third kappa shape index (κ3) is 3.05. The average molecular weight is 263 g/mol. The summed E-state index contributed by atoms with van der Waals surface area (Å²) in [5.41, 5.74) is 4.85. The van der Waals surface area contributed by atoms with E-state index in [1.165, 1.54) is 0 Å². The lowest BCUT2D eigenvalue weighted by atomic mass is 9.82. The minimum atomic E-state index is -0.186. The van der Waals surface area contributed by atoms with Crippen LogP contribution in [0.5, 0.6) is 0 Å². The molecule has 5 nitrogen and oxygen atoms in total. The number of carbonyl (C=O) groups is 1. The maximum Gasteiger partial charge on any atom is 0.255 e. The van der Waals surface area contributed by atoms with Crippen LogP contribution in [0.3, 0.4) is 0 Å². The molecule has 1 aliphatic carbocycles. The van der Waals surface area contributed by atoms with Crippen molar-refractivity contribution >= 4 is 11.6 Å². The predicted octanol–water partition coefficient (Wildman–Crippen LogP) is 1.12. The average Bonchev–Trinajstić information content (AvgIpc) is 2.35. The second kappa shape index (κ2) is 5.59. The topological polar surface area (TPSA) is 78.6 Å². The Kier molecular flexibility index (Phi) is 4.07. The minimum absolute atomic E-state index is 0.0469. The molecule has 0 aromatic heterocycles. The van der Waals surface area contributed by atoms with Crippen molar-refractivity contribution in [3.8, 4) is 0 Å². The standard InChI is InChI=1S/C14H21N3O2/c1-9-3-4-12(13(5-9)16-15)14(19)17(2)8-10-6-11(18)7-10/h3-5,10-11,16,18H,6-8,15H2,1-2H3. The molecule has 0 atom stereocenters. The lowest BCUT2D eigenvalue weighted by molar-refractivity contribution is 0.0265. The minimum Gasteiger partial charge on any atom is -0.393 e. The van der Waals surface area contributed by atoms with Crippen LogP contribution >= 0.6 is 0 Å². The van der Waals surface area contributed by atoms with Crippen LogP contribution in [0, 0.1) is 12.8 Å². The van der Waals surface area contributed by atoms with Gasteiger partial charge in [0.15, 0.2) is 0 Å². The van der Waals surface area contributed by atoms with Crippen LogP contribution in [0.2, 0.25) is 0 Å². The highest BCUT2D eigenvalue weighted by Gasteiger charge is 2.29. The fourth-order valence-electron chi connectivity index (χ4n) is 2.49. The Morgan fingerprint density at radius 3 is 2.79 bits per heavy atom. The van der Waals surface area contributed by atoms with Crippen molar-refractivity contribution in [3.05, 3.63) is 29.3 Å². The number of anilines is 1. The zero-order valence-electron chi connectivity index (χ0n) is 11.4. The summed E-state index contributed by atoms with van der Waals surface area (Å²) in [6.07, 6.45) is 1.38. The van der Waals surface area contributed by atoms with E-state index in [-0.39, 0.29) is 12.0 Å². The summed E-state index contributed by atoms with van der Waals surface area (Å²) in [6, 6.07) is 5.54.